The van der Waals surface area contributed by atoms with Crippen LogP contribution in [0.1, 0.15) is 20.9 Å². The quantitative estimate of drug-likeness (QED) is 0.524. The predicted molar refractivity (Wildman–Crippen MR) is 112 cm³/mol. The molecule has 146 valence electrons. The molecule has 1 N–H and O–H groups in total. The van der Waals surface area contributed by atoms with E-state index in [9.17, 15) is 4.79 Å². The van der Waals surface area contributed by atoms with Gasteiger partial charge in [-0.15, -0.1) is 11.3 Å². The number of aromatic nitrogens is 4. The van der Waals surface area contributed by atoms with Gasteiger partial charge in [0.2, 0.25) is 0 Å². The molecule has 0 fully saturated rings. The largest absolute Gasteiger partial charge is 0.497 e. The second-order valence-electron chi connectivity index (χ2n) is 6.41. The fourth-order valence-electron chi connectivity index (χ4n) is 2.87. The SMILES string of the molecule is COc1cccc(-c2nc(C)c(C(=O)Nc3ccc(Cn4cncn4)cc3)s2)c1. The van der Waals surface area contributed by atoms with Gasteiger partial charge in [0, 0.05) is 11.3 Å². The lowest BCUT2D eigenvalue weighted by molar-refractivity contribution is 0.103. The molecule has 4 aromatic rings. The Labute approximate surface area is 172 Å². The minimum absolute atomic E-state index is 0.168. The summed E-state index contributed by atoms with van der Waals surface area (Å²) in [5.74, 6) is 0.588. The van der Waals surface area contributed by atoms with Gasteiger partial charge in [-0.2, -0.15) is 5.10 Å². The lowest BCUT2D eigenvalue weighted by Crippen LogP contribution is -2.11. The highest BCUT2D eigenvalue weighted by Gasteiger charge is 2.17. The topological polar surface area (TPSA) is 81.9 Å². The van der Waals surface area contributed by atoms with Crippen LogP contribution in [0.25, 0.3) is 10.6 Å². The maximum Gasteiger partial charge on any atom is 0.267 e. The van der Waals surface area contributed by atoms with Crippen molar-refractivity contribution in [1.29, 1.82) is 0 Å². The van der Waals surface area contributed by atoms with Crippen LogP contribution in [0.2, 0.25) is 0 Å². The monoisotopic (exact) mass is 405 g/mol. The highest BCUT2D eigenvalue weighted by Crippen LogP contribution is 2.30. The van der Waals surface area contributed by atoms with Gasteiger partial charge < -0.3 is 10.1 Å². The zero-order chi connectivity index (χ0) is 20.2. The number of benzene rings is 2. The van der Waals surface area contributed by atoms with Gasteiger partial charge in [-0.3, -0.25) is 4.79 Å². The van der Waals surface area contributed by atoms with Crippen LogP contribution in [0.5, 0.6) is 5.75 Å². The fourth-order valence-corrected chi connectivity index (χ4v) is 3.83. The van der Waals surface area contributed by atoms with E-state index in [0.717, 1.165) is 27.6 Å². The van der Waals surface area contributed by atoms with Crippen molar-refractivity contribution in [3.05, 3.63) is 77.3 Å². The van der Waals surface area contributed by atoms with Crippen molar-refractivity contribution < 1.29 is 9.53 Å². The van der Waals surface area contributed by atoms with E-state index >= 15 is 0 Å². The van der Waals surface area contributed by atoms with E-state index in [1.807, 2.05) is 55.5 Å². The Hall–Kier alpha value is -3.52. The van der Waals surface area contributed by atoms with Crippen LogP contribution >= 0.6 is 11.3 Å². The minimum atomic E-state index is -0.168. The number of rotatable bonds is 6. The van der Waals surface area contributed by atoms with Crippen molar-refractivity contribution in [2.75, 3.05) is 12.4 Å². The molecule has 0 aliphatic carbocycles. The summed E-state index contributed by atoms with van der Waals surface area (Å²) in [6, 6.07) is 15.3. The van der Waals surface area contributed by atoms with Crippen molar-refractivity contribution in [1.82, 2.24) is 19.7 Å². The number of carbonyl (C=O) groups excluding carboxylic acids is 1. The zero-order valence-corrected chi connectivity index (χ0v) is 16.8. The minimum Gasteiger partial charge on any atom is -0.497 e. The first-order valence-electron chi connectivity index (χ1n) is 8.97. The molecule has 29 heavy (non-hydrogen) atoms. The molecule has 0 bridgehead atoms. The van der Waals surface area contributed by atoms with Crippen LogP contribution in [0.15, 0.2) is 61.2 Å². The second kappa shape index (κ2) is 8.24. The summed E-state index contributed by atoms with van der Waals surface area (Å²) < 4.78 is 7.02. The van der Waals surface area contributed by atoms with E-state index in [0.29, 0.717) is 17.1 Å². The van der Waals surface area contributed by atoms with E-state index in [1.165, 1.54) is 17.7 Å². The van der Waals surface area contributed by atoms with Crippen molar-refractivity contribution in [3.8, 4) is 16.3 Å². The third-order valence-electron chi connectivity index (χ3n) is 4.34. The Morgan fingerprint density at radius 2 is 2.03 bits per heavy atom. The molecule has 8 heteroatoms. The summed E-state index contributed by atoms with van der Waals surface area (Å²) in [6.45, 7) is 2.47. The molecule has 0 aliphatic rings. The van der Waals surface area contributed by atoms with Gasteiger partial charge in [-0.25, -0.2) is 14.6 Å². The number of anilines is 1. The molecular weight excluding hydrogens is 386 g/mol. The van der Waals surface area contributed by atoms with E-state index in [1.54, 1.807) is 18.1 Å². The number of carbonyl (C=O) groups is 1. The van der Waals surface area contributed by atoms with Crippen molar-refractivity contribution >= 4 is 22.9 Å². The number of hydrogen-bond donors (Lipinski definition) is 1. The van der Waals surface area contributed by atoms with Gasteiger partial charge >= 0.3 is 0 Å². The maximum absolute atomic E-state index is 12.8. The summed E-state index contributed by atoms with van der Waals surface area (Å²) in [6.07, 6.45) is 3.17. The molecule has 2 heterocycles. The lowest BCUT2D eigenvalue weighted by atomic mass is 10.2. The van der Waals surface area contributed by atoms with E-state index in [-0.39, 0.29) is 5.91 Å². The van der Waals surface area contributed by atoms with Gasteiger partial charge in [-0.05, 0) is 36.8 Å². The predicted octanol–water partition coefficient (Wildman–Crippen LogP) is 4.02. The third-order valence-corrected chi connectivity index (χ3v) is 5.55. The Morgan fingerprint density at radius 3 is 2.76 bits per heavy atom. The number of aryl methyl sites for hydroxylation is 1. The van der Waals surface area contributed by atoms with Crippen molar-refractivity contribution in [2.24, 2.45) is 0 Å². The normalized spacial score (nSPS) is 10.7. The summed E-state index contributed by atoms with van der Waals surface area (Å²) >= 11 is 1.37. The number of thiazole rings is 1. The van der Waals surface area contributed by atoms with Crippen LogP contribution in [0, 0.1) is 6.92 Å². The molecule has 0 radical (unpaired) electrons. The molecule has 0 spiro atoms. The number of ether oxygens (including phenoxy) is 1. The first-order valence-corrected chi connectivity index (χ1v) is 9.78. The standard InChI is InChI=1S/C21H19N5O2S/c1-14-19(29-21(24-14)16-4-3-5-18(10-16)28-2)20(27)25-17-8-6-15(7-9-17)11-26-13-22-12-23-26/h3-10,12-13H,11H2,1-2H3,(H,25,27). The maximum atomic E-state index is 12.8. The Morgan fingerprint density at radius 1 is 1.21 bits per heavy atom. The van der Waals surface area contributed by atoms with Crippen molar-refractivity contribution in [3.63, 3.8) is 0 Å². The first kappa shape index (κ1) is 18.8. The molecule has 1 amide bonds. The smallest absolute Gasteiger partial charge is 0.267 e. The van der Waals surface area contributed by atoms with Gasteiger partial charge in [0.15, 0.2) is 0 Å². The van der Waals surface area contributed by atoms with E-state index in [2.05, 4.69) is 20.4 Å². The van der Waals surface area contributed by atoms with Gasteiger partial charge in [0.1, 0.15) is 28.3 Å². The molecule has 0 aliphatic heterocycles. The number of nitrogens with zero attached hydrogens (tertiary/aromatic N) is 4. The Balaban J connectivity index is 1.47. The van der Waals surface area contributed by atoms with Crippen LogP contribution in [-0.2, 0) is 6.54 Å². The Kier molecular flexibility index (Phi) is 5.35. The number of methoxy groups -OCH3 is 1. The average Bonchev–Trinajstić information content (AvgIpc) is 3.39. The van der Waals surface area contributed by atoms with Gasteiger partial charge in [-0.1, -0.05) is 24.3 Å². The molecule has 0 saturated heterocycles. The molecule has 2 aromatic carbocycles. The summed E-state index contributed by atoms with van der Waals surface area (Å²) in [7, 11) is 1.63. The highest BCUT2D eigenvalue weighted by atomic mass is 32.1. The van der Waals surface area contributed by atoms with Crippen LogP contribution in [0.4, 0.5) is 5.69 Å². The zero-order valence-electron chi connectivity index (χ0n) is 16.0. The highest BCUT2D eigenvalue weighted by molar-refractivity contribution is 7.17. The van der Waals surface area contributed by atoms with Crippen LogP contribution in [-0.4, -0.2) is 32.8 Å². The van der Waals surface area contributed by atoms with E-state index in [4.69, 9.17) is 4.74 Å². The summed E-state index contributed by atoms with van der Waals surface area (Å²) in [5.41, 5.74) is 3.43. The number of hydrogen-bond acceptors (Lipinski definition) is 6. The second-order valence-corrected chi connectivity index (χ2v) is 7.41. The van der Waals surface area contributed by atoms with E-state index < -0.39 is 0 Å². The average molecular weight is 405 g/mol. The molecule has 0 saturated carbocycles. The number of amides is 1. The molecule has 2 aromatic heterocycles. The van der Waals surface area contributed by atoms with Crippen LogP contribution in [0.3, 0.4) is 0 Å². The molecule has 0 atom stereocenters. The Bertz CT molecular complexity index is 1120. The van der Waals surface area contributed by atoms with Crippen molar-refractivity contribution in [2.45, 2.75) is 13.5 Å². The summed E-state index contributed by atoms with van der Waals surface area (Å²) in [5, 5.41) is 7.82. The summed E-state index contributed by atoms with van der Waals surface area (Å²) in [4.78, 5) is 21.8. The van der Waals surface area contributed by atoms with Gasteiger partial charge in [0.05, 0.1) is 19.3 Å². The molecule has 7 nitrogen and oxygen atoms in total. The molecule has 4 rings (SSSR count). The van der Waals surface area contributed by atoms with Crippen LogP contribution < -0.4 is 10.1 Å². The van der Waals surface area contributed by atoms with Gasteiger partial charge in [0.25, 0.3) is 5.91 Å². The fraction of sp³-hybridized carbons (Fsp3) is 0.143. The number of nitrogens with one attached hydrogen (secondary N) is 1. The third kappa shape index (κ3) is 4.33. The lowest BCUT2D eigenvalue weighted by Gasteiger charge is -2.06. The first-order chi connectivity index (χ1) is 14.1. The molecule has 0 unspecified atom stereocenters. The molecular formula is C21H19N5O2S.